The van der Waals surface area contributed by atoms with E-state index in [4.69, 9.17) is 4.74 Å². The minimum absolute atomic E-state index is 0.323. The Hall–Kier alpha value is -3.15. The zero-order valence-corrected chi connectivity index (χ0v) is 14.9. The van der Waals surface area contributed by atoms with Gasteiger partial charge < -0.3 is 9.64 Å². The molecular formula is C20H21N3O3. The molecule has 2 aromatic carbocycles. The highest BCUT2D eigenvalue weighted by molar-refractivity contribution is 6.02. The molecule has 0 fully saturated rings. The molecular weight excluding hydrogens is 330 g/mol. The summed E-state index contributed by atoms with van der Waals surface area (Å²) in [6.45, 7) is 0.174. The number of carbonyl (C=O) groups is 2. The van der Waals surface area contributed by atoms with Crippen molar-refractivity contribution in [2.45, 2.75) is 6.42 Å². The zero-order valence-electron chi connectivity index (χ0n) is 14.9. The third-order valence-corrected chi connectivity index (χ3v) is 4.12. The SMILES string of the molecule is CN(C)c1cccc(C(=O)OCC(=O)N2CCC(c3ccccc3)=N2)c1. The Morgan fingerprint density at radius 1 is 1.12 bits per heavy atom. The molecule has 1 heterocycles. The molecule has 0 aromatic heterocycles. The fourth-order valence-electron chi connectivity index (χ4n) is 2.67. The van der Waals surface area contributed by atoms with Crippen molar-refractivity contribution in [3.05, 3.63) is 65.7 Å². The Labute approximate surface area is 152 Å². The van der Waals surface area contributed by atoms with Crippen molar-refractivity contribution in [3.8, 4) is 0 Å². The van der Waals surface area contributed by atoms with Gasteiger partial charge >= 0.3 is 5.97 Å². The summed E-state index contributed by atoms with van der Waals surface area (Å²) in [4.78, 5) is 26.3. The lowest BCUT2D eigenvalue weighted by Crippen LogP contribution is -2.28. The Balaban J connectivity index is 1.58. The Morgan fingerprint density at radius 3 is 2.62 bits per heavy atom. The molecule has 3 rings (SSSR count). The number of anilines is 1. The molecule has 0 N–H and O–H groups in total. The first-order chi connectivity index (χ1) is 12.5. The maximum Gasteiger partial charge on any atom is 0.338 e. The summed E-state index contributed by atoms with van der Waals surface area (Å²) in [6.07, 6.45) is 0.689. The highest BCUT2D eigenvalue weighted by atomic mass is 16.5. The fraction of sp³-hybridized carbons (Fsp3) is 0.250. The third kappa shape index (κ3) is 4.08. The van der Waals surface area contributed by atoms with Gasteiger partial charge in [-0.3, -0.25) is 4.79 Å². The van der Waals surface area contributed by atoms with Crippen LogP contribution < -0.4 is 4.90 Å². The number of amides is 1. The van der Waals surface area contributed by atoms with Crippen molar-refractivity contribution >= 4 is 23.3 Å². The molecule has 0 saturated heterocycles. The van der Waals surface area contributed by atoms with E-state index in [9.17, 15) is 9.59 Å². The highest BCUT2D eigenvalue weighted by Gasteiger charge is 2.22. The predicted octanol–water partition coefficient (Wildman–Crippen LogP) is 2.55. The van der Waals surface area contributed by atoms with Crippen molar-refractivity contribution in [1.82, 2.24) is 5.01 Å². The number of nitrogens with zero attached hydrogens (tertiary/aromatic N) is 3. The molecule has 0 spiro atoms. The van der Waals surface area contributed by atoms with E-state index in [1.54, 1.807) is 18.2 Å². The zero-order chi connectivity index (χ0) is 18.5. The van der Waals surface area contributed by atoms with Gasteiger partial charge in [-0.25, -0.2) is 9.80 Å². The van der Waals surface area contributed by atoms with Gasteiger partial charge in [0.1, 0.15) is 0 Å². The Morgan fingerprint density at radius 2 is 1.88 bits per heavy atom. The number of esters is 1. The number of hydrazone groups is 1. The highest BCUT2D eigenvalue weighted by Crippen LogP contribution is 2.16. The van der Waals surface area contributed by atoms with Crippen molar-refractivity contribution in [1.29, 1.82) is 0 Å². The van der Waals surface area contributed by atoms with Crippen molar-refractivity contribution in [2.75, 3.05) is 32.1 Å². The number of carbonyl (C=O) groups excluding carboxylic acids is 2. The van der Waals surface area contributed by atoms with E-state index < -0.39 is 5.97 Å². The molecule has 0 atom stereocenters. The number of rotatable bonds is 5. The van der Waals surface area contributed by atoms with Gasteiger partial charge in [-0.15, -0.1) is 0 Å². The van der Waals surface area contributed by atoms with Crippen LogP contribution in [0.15, 0.2) is 59.7 Å². The van der Waals surface area contributed by atoms with Crippen molar-refractivity contribution < 1.29 is 14.3 Å². The van der Waals surface area contributed by atoms with Crippen LogP contribution in [0.1, 0.15) is 22.3 Å². The molecule has 2 aromatic rings. The van der Waals surface area contributed by atoms with Crippen LogP contribution in [0.2, 0.25) is 0 Å². The van der Waals surface area contributed by atoms with Crippen LogP contribution in [-0.2, 0) is 9.53 Å². The van der Waals surface area contributed by atoms with Crippen LogP contribution in [0.3, 0.4) is 0 Å². The minimum atomic E-state index is -0.520. The number of ether oxygens (including phenoxy) is 1. The van der Waals surface area contributed by atoms with E-state index in [1.807, 2.05) is 55.4 Å². The van der Waals surface area contributed by atoms with Crippen LogP contribution in [0, 0.1) is 0 Å². The largest absolute Gasteiger partial charge is 0.452 e. The first-order valence-electron chi connectivity index (χ1n) is 8.42. The lowest BCUT2D eigenvalue weighted by molar-refractivity contribution is -0.134. The average Bonchev–Trinajstić information content (AvgIpc) is 3.17. The number of hydrogen-bond acceptors (Lipinski definition) is 5. The molecule has 0 aliphatic carbocycles. The maximum absolute atomic E-state index is 12.3. The molecule has 0 saturated carbocycles. The smallest absolute Gasteiger partial charge is 0.338 e. The van der Waals surface area contributed by atoms with Crippen LogP contribution in [-0.4, -0.2) is 49.8 Å². The van der Waals surface area contributed by atoms with Gasteiger partial charge in [-0.1, -0.05) is 36.4 Å². The molecule has 134 valence electrons. The third-order valence-electron chi connectivity index (χ3n) is 4.12. The second kappa shape index (κ2) is 7.82. The molecule has 0 radical (unpaired) electrons. The summed E-state index contributed by atoms with van der Waals surface area (Å²) < 4.78 is 5.16. The lowest BCUT2D eigenvalue weighted by Gasteiger charge is -2.14. The van der Waals surface area contributed by atoms with Crippen LogP contribution in [0.5, 0.6) is 0 Å². The van der Waals surface area contributed by atoms with E-state index in [2.05, 4.69) is 5.10 Å². The Kier molecular flexibility index (Phi) is 5.31. The van der Waals surface area contributed by atoms with Crippen LogP contribution in [0.4, 0.5) is 5.69 Å². The molecule has 1 amide bonds. The molecule has 0 bridgehead atoms. The molecule has 1 aliphatic heterocycles. The first kappa shape index (κ1) is 17.7. The number of hydrogen-bond donors (Lipinski definition) is 0. The van der Waals surface area contributed by atoms with E-state index in [1.165, 1.54) is 5.01 Å². The monoisotopic (exact) mass is 351 g/mol. The van der Waals surface area contributed by atoms with Gasteiger partial charge in [-0.05, 0) is 23.8 Å². The summed E-state index contributed by atoms with van der Waals surface area (Å²) in [5.74, 6) is -0.846. The predicted molar refractivity (Wildman–Crippen MR) is 100 cm³/mol. The van der Waals surface area contributed by atoms with Gasteiger partial charge in [0.2, 0.25) is 0 Å². The van der Waals surface area contributed by atoms with Crippen molar-refractivity contribution in [2.24, 2.45) is 5.10 Å². The average molecular weight is 351 g/mol. The molecule has 26 heavy (non-hydrogen) atoms. The summed E-state index contributed by atoms with van der Waals surface area (Å²) in [5.41, 5.74) is 3.17. The molecule has 6 nitrogen and oxygen atoms in total. The van der Waals surface area contributed by atoms with Crippen LogP contribution >= 0.6 is 0 Å². The van der Waals surface area contributed by atoms with Gasteiger partial charge in [0.25, 0.3) is 5.91 Å². The molecule has 1 aliphatic rings. The topological polar surface area (TPSA) is 62.2 Å². The fourth-order valence-corrected chi connectivity index (χ4v) is 2.67. The minimum Gasteiger partial charge on any atom is -0.452 e. The first-order valence-corrected chi connectivity index (χ1v) is 8.42. The molecule has 6 heteroatoms. The van der Waals surface area contributed by atoms with Crippen molar-refractivity contribution in [3.63, 3.8) is 0 Å². The van der Waals surface area contributed by atoms with E-state index in [0.717, 1.165) is 17.0 Å². The van der Waals surface area contributed by atoms with Gasteiger partial charge in [0, 0.05) is 26.2 Å². The van der Waals surface area contributed by atoms with Gasteiger partial charge in [0.05, 0.1) is 17.8 Å². The van der Waals surface area contributed by atoms with E-state index >= 15 is 0 Å². The standard InChI is InChI=1S/C20H21N3O3/c1-22(2)17-10-6-9-16(13-17)20(25)26-14-19(24)23-12-11-18(21-23)15-7-4-3-5-8-15/h3-10,13H,11-12,14H2,1-2H3. The quantitative estimate of drug-likeness (QED) is 0.777. The second-order valence-corrected chi connectivity index (χ2v) is 6.20. The summed E-state index contributed by atoms with van der Waals surface area (Å²) >= 11 is 0. The van der Waals surface area contributed by atoms with Gasteiger partial charge in [-0.2, -0.15) is 5.10 Å². The summed E-state index contributed by atoms with van der Waals surface area (Å²) in [5, 5.41) is 5.72. The molecule has 0 unspecified atom stereocenters. The second-order valence-electron chi connectivity index (χ2n) is 6.20. The van der Waals surface area contributed by atoms with Gasteiger partial charge in [0.15, 0.2) is 6.61 Å². The normalized spacial score (nSPS) is 13.3. The Bertz CT molecular complexity index is 831. The van der Waals surface area contributed by atoms with Crippen LogP contribution in [0.25, 0.3) is 0 Å². The summed E-state index contributed by atoms with van der Waals surface area (Å²) in [7, 11) is 3.79. The van der Waals surface area contributed by atoms with E-state index in [-0.39, 0.29) is 12.5 Å². The maximum atomic E-state index is 12.3. The number of benzene rings is 2. The lowest BCUT2D eigenvalue weighted by atomic mass is 10.1. The summed E-state index contributed by atoms with van der Waals surface area (Å²) in [6, 6.07) is 16.8. The van der Waals surface area contributed by atoms with E-state index in [0.29, 0.717) is 18.5 Å².